The number of rotatable bonds is 6. The Hall–Kier alpha value is -1.06. The summed E-state index contributed by atoms with van der Waals surface area (Å²) >= 11 is 0. The predicted octanol–water partition coefficient (Wildman–Crippen LogP) is 2.63. The SMILES string of the molecule is CN(C)c1ccc(C(CCCN)N2CCCC2)cc1. The third-order valence-electron chi connectivity index (χ3n) is 4.06. The van der Waals surface area contributed by atoms with Gasteiger partial charge in [0.15, 0.2) is 0 Å². The van der Waals surface area contributed by atoms with Gasteiger partial charge in [0.1, 0.15) is 0 Å². The number of likely N-dealkylation sites (tertiary alicyclic amines) is 1. The summed E-state index contributed by atoms with van der Waals surface area (Å²) in [6.07, 6.45) is 4.97. The molecule has 1 saturated heterocycles. The summed E-state index contributed by atoms with van der Waals surface area (Å²) in [5.41, 5.74) is 8.40. The van der Waals surface area contributed by atoms with E-state index in [1.54, 1.807) is 0 Å². The summed E-state index contributed by atoms with van der Waals surface area (Å²) in [4.78, 5) is 4.77. The van der Waals surface area contributed by atoms with E-state index >= 15 is 0 Å². The Labute approximate surface area is 117 Å². The smallest absolute Gasteiger partial charge is 0.0361 e. The van der Waals surface area contributed by atoms with Gasteiger partial charge in [-0.05, 0) is 63.0 Å². The molecule has 1 aromatic carbocycles. The first-order valence-electron chi connectivity index (χ1n) is 7.44. The van der Waals surface area contributed by atoms with Crippen LogP contribution < -0.4 is 10.6 Å². The third-order valence-corrected chi connectivity index (χ3v) is 4.06. The highest BCUT2D eigenvalue weighted by Crippen LogP contribution is 2.30. The van der Waals surface area contributed by atoms with E-state index in [1.807, 2.05) is 0 Å². The molecule has 1 aromatic rings. The standard InChI is InChI=1S/C16H27N3/c1-18(2)15-9-7-14(8-10-15)16(6-5-11-17)19-12-3-4-13-19/h7-10,16H,3-6,11-13,17H2,1-2H3. The van der Waals surface area contributed by atoms with Crippen LogP contribution in [0.4, 0.5) is 5.69 Å². The molecule has 2 N–H and O–H groups in total. The average Bonchev–Trinajstić information content (AvgIpc) is 2.94. The number of nitrogens with two attached hydrogens (primary N) is 1. The zero-order valence-corrected chi connectivity index (χ0v) is 12.3. The lowest BCUT2D eigenvalue weighted by atomic mass is 10.00. The summed E-state index contributed by atoms with van der Waals surface area (Å²) < 4.78 is 0. The minimum atomic E-state index is 0.558. The molecule has 1 aliphatic rings. The van der Waals surface area contributed by atoms with Gasteiger partial charge in [0.2, 0.25) is 0 Å². The van der Waals surface area contributed by atoms with Gasteiger partial charge in [-0.3, -0.25) is 4.90 Å². The average molecular weight is 261 g/mol. The van der Waals surface area contributed by atoms with Crippen LogP contribution in [0.15, 0.2) is 24.3 Å². The van der Waals surface area contributed by atoms with Gasteiger partial charge in [-0.1, -0.05) is 12.1 Å². The van der Waals surface area contributed by atoms with Crippen molar-refractivity contribution in [1.82, 2.24) is 4.90 Å². The van der Waals surface area contributed by atoms with Crippen LogP contribution >= 0.6 is 0 Å². The molecule has 1 atom stereocenters. The first kappa shape index (κ1) is 14.4. The fourth-order valence-corrected chi connectivity index (χ4v) is 2.92. The fraction of sp³-hybridized carbons (Fsp3) is 0.625. The highest BCUT2D eigenvalue weighted by atomic mass is 15.2. The predicted molar refractivity (Wildman–Crippen MR) is 82.6 cm³/mol. The Bertz CT molecular complexity index is 366. The van der Waals surface area contributed by atoms with Crippen LogP contribution in [0, 0.1) is 0 Å². The Morgan fingerprint density at radius 3 is 2.32 bits per heavy atom. The van der Waals surface area contributed by atoms with Crippen molar-refractivity contribution in [3.8, 4) is 0 Å². The lowest BCUT2D eigenvalue weighted by Crippen LogP contribution is -2.26. The fourth-order valence-electron chi connectivity index (χ4n) is 2.92. The zero-order chi connectivity index (χ0) is 13.7. The number of benzene rings is 1. The molecule has 0 spiro atoms. The van der Waals surface area contributed by atoms with E-state index < -0.39 is 0 Å². The number of anilines is 1. The molecule has 1 unspecified atom stereocenters. The van der Waals surface area contributed by atoms with Gasteiger partial charge in [0.05, 0.1) is 0 Å². The topological polar surface area (TPSA) is 32.5 Å². The summed E-state index contributed by atoms with van der Waals surface area (Å²) in [6, 6.07) is 9.58. The maximum Gasteiger partial charge on any atom is 0.0361 e. The molecule has 19 heavy (non-hydrogen) atoms. The second-order valence-corrected chi connectivity index (χ2v) is 5.68. The molecule has 106 valence electrons. The molecule has 1 fully saturated rings. The van der Waals surface area contributed by atoms with E-state index in [2.05, 4.69) is 48.2 Å². The van der Waals surface area contributed by atoms with Crippen molar-refractivity contribution in [1.29, 1.82) is 0 Å². The molecule has 2 rings (SSSR count). The highest BCUT2D eigenvalue weighted by Gasteiger charge is 2.22. The van der Waals surface area contributed by atoms with Crippen LogP contribution in [0.25, 0.3) is 0 Å². The minimum absolute atomic E-state index is 0.558. The lowest BCUT2D eigenvalue weighted by Gasteiger charge is -2.28. The summed E-state index contributed by atoms with van der Waals surface area (Å²) in [7, 11) is 4.17. The van der Waals surface area contributed by atoms with Crippen molar-refractivity contribution >= 4 is 5.69 Å². The minimum Gasteiger partial charge on any atom is -0.378 e. The van der Waals surface area contributed by atoms with Gasteiger partial charge >= 0.3 is 0 Å². The van der Waals surface area contributed by atoms with Gasteiger partial charge in [0, 0.05) is 25.8 Å². The van der Waals surface area contributed by atoms with Crippen molar-refractivity contribution in [3.05, 3.63) is 29.8 Å². The lowest BCUT2D eigenvalue weighted by molar-refractivity contribution is 0.231. The Kier molecular flexibility index (Phi) is 5.23. The third kappa shape index (κ3) is 3.71. The monoisotopic (exact) mass is 261 g/mol. The molecule has 3 heteroatoms. The molecule has 0 aliphatic carbocycles. The first-order chi connectivity index (χ1) is 9.22. The van der Waals surface area contributed by atoms with Gasteiger partial charge < -0.3 is 10.6 Å². The van der Waals surface area contributed by atoms with Crippen molar-refractivity contribution in [2.24, 2.45) is 5.73 Å². The Morgan fingerprint density at radius 1 is 1.16 bits per heavy atom. The quantitative estimate of drug-likeness (QED) is 0.854. The van der Waals surface area contributed by atoms with Crippen molar-refractivity contribution in [3.63, 3.8) is 0 Å². The molecular formula is C16H27N3. The van der Waals surface area contributed by atoms with E-state index in [-0.39, 0.29) is 0 Å². The van der Waals surface area contributed by atoms with E-state index in [9.17, 15) is 0 Å². The molecule has 1 heterocycles. The van der Waals surface area contributed by atoms with Crippen LogP contribution in [-0.2, 0) is 0 Å². The molecule has 3 nitrogen and oxygen atoms in total. The largest absolute Gasteiger partial charge is 0.378 e. The number of nitrogens with zero attached hydrogens (tertiary/aromatic N) is 2. The van der Waals surface area contributed by atoms with Crippen LogP contribution in [0.3, 0.4) is 0 Å². The van der Waals surface area contributed by atoms with Crippen LogP contribution in [0.2, 0.25) is 0 Å². The summed E-state index contributed by atoms with van der Waals surface area (Å²) in [6.45, 7) is 3.27. The molecular weight excluding hydrogens is 234 g/mol. The molecule has 0 aromatic heterocycles. The van der Waals surface area contributed by atoms with Gasteiger partial charge in [-0.2, -0.15) is 0 Å². The molecule has 0 amide bonds. The van der Waals surface area contributed by atoms with E-state index in [0.717, 1.165) is 13.0 Å². The second-order valence-electron chi connectivity index (χ2n) is 5.68. The van der Waals surface area contributed by atoms with Crippen molar-refractivity contribution < 1.29 is 0 Å². The first-order valence-corrected chi connectivity index (χ1v) is 7.44. The maximum absolute atomic E-state index is 5.69. The number of hydrogen-bond acceptors (Lipinski definition) is 3. The maximum atomic E-state index is 5.69. The molecule has 0 bridgehead atoms. The molecule has 1 aliphatic heterocycles. The Morgan fingerprint density at radius 2 is 1.79 bits per heavy atom. The second kappa shape index (κ2) is 6.92. The van der Waals surface area contributed by atoms with Crippen molar-refractivity contribution in [2.45, 2.75) is 31.7 Å². The van der Waals surface area contributed by atoms with E-state index in [0.29, 0.717) is 6.04 Å². The summed E-state index contributed by atoms with van der Waals surface area (Å²) in [5.74, 6) is 0. The zero-order valence-electron chi connectivity index (χ0n) is 12.3. The van der Waals surface area contributed by atoms with Gasteiger partial charge in [-0.25, -0.2) is 0 Å². The summed E-state index contributed by atoms with van der Waals surface area (Å²) in [5, 5.41) is 0. The van der Waals surface area contributed by atoms with Crippen molar-refractivity contribution in [2.75, 3.05) is 38.6 Å². The Balaban J connectivity index is 2.11. The van der Waals surface area contributed by atoms with E-state index in [4.69, 9.17) is 5.73 Å². The normalized spacial score (nSPS) is 17.6. The molecule has 0 saturated carbocycles. The number of hydrogen-bond donors (Lipinski definition) is 1. The van der Waals surface area contributed by atoms with Crippen LogP contribution in [0.1, 0.15) is 37.3 Å². The van der Waals surface area contributed by atoms with Crippen LogP contribution in [-0.4, -0.2) is 38.6 Å². The highest BCUT2D eigenvalue weighted by molar-refractivity contribution is 5.46. The molecule has 0 radical (unpaired) electrons. The van der Waals surface area contributed by atoms with E-state index in [1.165, 1.54) is 43.6 Å². The van der Waals surface area contributed by atoms with Gasteiger partial charge in [-0.15, -0.1) is 0 Å². The van der Waals surface area contributed by atoms with Crippen LogP contribution in [0.5, 0.6) is 0 Å². The van der Waals surface area contributed by atoms with Gasteiger partial charge in [0.25, 0.3) is 0 Å².